The fraction of sp³-hybridized carbons (Fsp3) is 0.174. The maximum atomic E-state index is 12.9. The summed E-state index contributed by atoms with van der Waals surface area (Å²) >= 11 is 0. The van der Waals surface area contributed by atoms with Gasteiger partial charge in [-0.3, -0.25) is 14.6 Å². The second-order valence-corrected chi connectivity index (χ2v) is 6.56. The van der Waals surface area contributed by atoms with E-state index in [4.69, 9.17) is 0 Å². The largest absolute Gasteiger partial charge is 0.349 e. The Bertz CT molecular complexity index is 859. The van der Waals surface area contributed by atoms with Crippen LogP contribution in [0.25, 0.3) is 0 Å². The number of nitrogens with one attached hydrogen (secondary N) is 2. The number of aromatic nitrogens is 1. The van der Waals surface area contributed by atoms with Crippen molar-refractivity contribution >= 4 is 11.8 Å². The first-order valence-corrected chi connectivity index (χ1v) is 9.20. The lowest BCUT2D eigenvalue weighted by atomic mass is 9.98. The molecule has 5 heteroatoms. The fourth-order valence-corrected chi connectivity index (χ4v) is 3.15. The quantitative estimate of drug-likeness (QED) is 0.665. The molecule has 28 heavy (non-hydrogen) atoms. The van der Waals surface area contributed by atoms with Crippen LogP contribution in [0.3, 0.4) is 0 Å². The molecule has 0 aliphatic heterocycles. The summed E-state index contributed by atoms with van der Waals surface area (Å²) in [6, 6.07) is 22.4. The molecule has 0 saturated heterocycles. The molecule has 2 unspecified atom stereocenters. The first-order chi connectivity index (χ1) is 13.6. The molecule has 2 aromatic carbocycles. The average molecular weight is 373 g/mol. The smallest absolute Gasteiger partial charge is 0.223 e. The van der Waals surface area contributed by atoms with Crippen LogP contribution in [0.15, 0.2) is 85.2 Å². The van der Waals surface area contributed by atoms with Gasteiger partial charge in [-0.05, 0) is 28.8 Å². The monoisotopic (exact) mass is 373 g/mol. The molecule has 0 radical (unpaired) electrons. The van der Waals surface area contributed by atoms with Gasteiger partial charge in [0.2, 0.25) is 11.8 Å². The standard InChI is InChI=1S/C23H23N3O2/c1-17(27)25-21(18-8-4-2-5-9-18)16-22(28)26-23(19-10-6-3-7-11-19)20-12-14-24-15-13-20/h2-15,21,23H,16H2,1H3,(H,25,27)(H,26,28). The van der Waals surface area contributed by atoms with Crippen molar-refractivity contribution in [2.75, 3.05) is 0 Å². The zero-order chi connectivity index (χ0) is 19.8. The minimum Gasteiger partial charge on any atom is -0.349 e. The Kier molecular flexibility index (Phi) is 6.52. The van der Waals surface area contributed by atoms with Crippen LogP contribution in [-0.4, -0.2) is 16.8 Å². The van der Waals surface area contributed by atoms with Crippen molar-refractivity contribution in [3.05, 3.63) is 102 Å². The summed E-state index contributed by atoms with van der Waals surface area (Å²) in [4.78, 5) is 28.6. The molecule has 1 heterocycles. The number of hydrogen-bond acceptors (Lipinski definition) is 3. The number of carbonyl (C=O) groups excluding carboxylic acids is 2. The Balaban J connectivity index is 1.80. The summed E-state index contributed by atoms with van der Waals surface area (Å²) in [5.74, 6) is -0.316. The van der Waals surface area contributed by atoms with Crippen LogP contribution in [0.1, 0.15) is 42.1 Å². The third-order valence-corrected chi connectivity index (χ3v) is 4.45. The molecule has 0 spiro atoms. The molecule has 2 atom stereocenters. The van der Waals surface area contributed by atoms with Crippen LogP contribution >= 0.6 is 0 Å². The maximum absolute atomic E-state index is 12.9. The van der Waals surface area contributed by atoms with E-state index in [-0.39, 0.29) is 30.3 Å². The number of pyridine rings is 1. The SMILES string of the molecule is CC(=O)NC(CC(=O)NC(c1ccccc1)c1ccncc1)c1ccccc1. The third kappa shape index (κ3) is 5.27. The Morgan fingerprint density at radius 3 is 1.89 bits per heavy atom. The van der Waals surface area contributed by atoms with Crippen LogP contribution < -0.4 is 10.6 Å². The Morgan fingerprint density at radius 1 is 0.786 bits per heavy atom. The van der Waals surface area contributed by atoms with E-state index in [2.05, 4.69) is 15.6 Å². The van der Waals surface area contributed by atoms with Crippen molar-refractivity contribution < 1.29 is 9.59 Å². The van der Waals surface area contributed by atoms with Crippen LogP contribution in [0.4, 0.5) is 0 Å². The van der Waals surface area contributed by atoms with Gasteiger partial charge in [0.25, 0.3) is 0 Å². The average Bonchev–Trinajstić information content (AvgIpc) is 2.73. The molecule has 1 aromatic heterocycles. The van der Waals surface area contributed by atoms with E-state index in [9.17, 15) is 9.59 Å². The normalized spacial score (nSPS) is 12.6. The second kappa shape index (κ2) is 9.46. The number of rotatable bonds is 7. The predicted molar refractivity (Wildman–Crippen MR) is 108 cm³/mol. The number of hydrogen-bond donors (Lipinski definition) is 2. The summed E-state index contributed by atoms with van der Waals surface area (Å²) in [7, 11) is 0. The molecule has 0 aliphatic carbocycles. The Morgan fingerprint density at radius 2 is 1.32 bits per heavy atom. The molecule has 0 fully saturated rings. The molecular formula is C23H23N3O2. The molecule has 0 aliphatic rings. The third-order valence-electron chi connectivity index (χ3n) is 4.45. The molecule has 2 amide bonds. The zero-order valence-electron chi connectivity index (χ0n) is 15.7. The van der Waals surface area contributed by atoms with Crippen molar-refractivity contribution in [2.45, 2.75) is 25.4 Å². The summed E-state index contributed by atoms with van der Waals surface area (Å²) in [5, 5.41) is 5.98. The highest BCUT2D eigenvalue weighted by atomic mass is 16.2. The van der Waals surface area contributed by atoms with Gasteiger partial charge in [-0.15, -0.1) is 0 Å². The van der Waals surface area contributed by atoms with Crippen molar-refractivity contribution in [1.82, 2.24) is 15.6 Å². The maximum Gasteiger partial charge on any atom is 0.223 e. The van der Waals surface area contributed by atoms with E-state index in [1.165, 1.54) is 6.92 Å². The minimum atomic E-state index is -0.382. The zero-order valence-corrected chi connectivity index (χ0v) is 15.7. The van der Waals surface area contributed by atoms with Gasteiger partial charge in [0.15, 0.2) is 0 Å². The minimum absolute atomic E-state index is 0.145. The lowest BCUT2D eigenvalue weighted by Gasteiger charge is -2.23. The lowest BCUT2D eigenvalue weighted by molar-refractivity contribution is -0.123. The molecular weight excluding hydrogens is 350 g/mol. The van der Waals surface area contributed by atoms with Gasteiger partial charge in [-0.1, -0.05) is 60.7 Å². The second-order valence-electron chi connectivity index (χ2n) is 6.56. The number of benzene rings is 2. The van der Waals surface area contributed by atoms with Crippen LogP contribution in [0.5, 0.6) is 0 Å². The molecule has 0 saturated carbocycles. The van der Waals surface area contributed by atoms with Gasteiger partial charge in [0.1, 0.15) is 0 Å². The number of carbonyl (C=O) groups is 2. The summed E-state index contributed by atoms with van der Waals surface area (Å²) < 4.78 is 0. The first-order valence-electron chi connectivity index (χ1n) is 9.20. The molecule has 3 rings (SSSR count). The number of nitrogens with zero attached hydrogens (tertiary/aromatic N) is 1. The topological polar surface area (TPSA) is 71.1 Å². The first kappa shape index (κ1) is 19.3. The van der Waals surface area contributed by atoms with Crippen LogP contribution in [0, 0.1) is 0 Å². The summed E-state index contributed by atoms with van der Waals surface area (Å²) in [6.07, 6.45) is 3.57. The fourth-order valence-electron chi connectivity index (χ4n) is 3.15. The molecule has 0 bridgehead atoms. The van der Waals surface area contributed by atoms with Crippen LogP contribution in [-0.2, 0) is 9.59 Å². The molecule has 2 N–H and O–H groups in total. The van der Waals surface area contributed by atoms with E-state index in [1.807, 2.05) is 72.8 Å². The van der Waals surface area contributed by atoms with Crippen molar-refractivity contribution in [3.8, 4) is 0 Å². The van der Waals surface area contributed by atoms with Crippen molar-refractivity contribution in [3.63, 3.8) is 0 Å². The highest BCUT2D eigenvalue weighted by molar-refractivity contribution is 5.79. The Labute approximate surface area is 164 Å². The van der Waals surface area contributed by atoms with Crippen molar-refractivity contribution in [1.29, 1.82) is 0 Å². The molecule has 5 nitrogen and oxygen atoms in total. The molecule has 142 valence electrons. The van der Waals surface area contributed by atoms with Gasteiger partial charge in [-0.25, -0.2) is 0 Å². The lowest BCUT2D eigenvalue weighted by Crippen LogP contribution is -2.34. The van der Waals surface area contributed by atoms with Crippen LogP contribution in [0.2, 0.25) is 0 Å². The van der Waals surface area contributed by atoms with E-state index in [1.54, 1.807) is 12.4 Å². The van der Waals surface area contributed by atoms with E-state index >= 15 is 0 Å². The number of amides is 2. The summed E-state index contributed by atoms with van der Waals surface area (Å²) in [5.41, 5.74) is 2.83. The van der Waals surface area contributed by atoms with Gasteiger partial charge >= 0.3 is 0 Å². The summed E-state index contributed by atoms with van der Waals surface area (Å²) in [6.45, 7) is 1.46. The highest BCUT2D eigenvalue weighted by Crippen LogP contribution is 2.23. The Hall–Kier alpha value is -3.47. The van der Waals surface area contributed by atoms with Gasteiger partial charge in [0.05, 0.1) is 18.5 Å². The molecule has 3 aromatic rings. The van der Waals surface area contributed by atoms with E-state index < -0.39 is 0 Å². The van der Waals surface area contributed by atoms with Gasteiger partial charge in [-0.2, -0.15) is 0 Å². The predicted octanol–water partition coefficient (Wildman–Crippen LogP) is 3.55. The van der Waals surface area contributed by atoms with Crippen molar-refractivity contribution in [2.24, 2.45) is 0 Å². The highest BCUT2D eigenvalue weighted by Gasteiger charge is 2.21. The van der Waals surface area contributed by atoms with Gasteiger partial charge in [0, 0.05) is 19.3 Å². The van der Waals surface area contributed by atoms with E-state index in [0.717, 1.165) is 16.7 Å². The van der Waals surface area contributed by atoms with Gasteiger partial charge < -0.3 is 10.6 Å². The van der Waals surface area contributed by atoms with E-state index in [0.29, 0.717) is 0 Å².